The number of nitrogens with zero attached hydrogens (tertiary/aromatic N) is 1. The van der Waals surface area contributed by atoms with Crippen molar-refractivity contribution in [2.75, 3.05) is 7.11 Å². The molecule has 0 saturated heterocycles. The first-order chi connectivity index (χ1) is 9.78. The van der Waals surface area contributed by atoms with Gasteiger partial charge < -0.3 is 14.0 Å². The Morgan fingerprint density at radius 1 is 1.20 bits per heavy atom. The van der Waals surface area contributed by atoms with Crippen molar-refractivity contribution in [1.29, 1.82) is 0 Å². The summed E-state index contributed by atoms with van der Waals surface area (Å²) in [5, 5.41) is 3.82. The highest BCUT2D eigenvalue weighted by Gasteiger charge is 2.27. The number of methoxy groups -OCH3 is 1. The van der Waals surface area contributed by atoms with Crippen molar-refractivity contribution in [3.63, 3.8) is 0 Å². The molecule has 0 saturated carbocycles. The molecular weight excluding hydrogens is 258 g/mol. The monoisotopic (exact) mass is 269 g/mol. The molecule has 0 atom stereocenters. The summed E-state index contributed by atoms with van der Waals surface area (Å²) in [5.41, 5.74) is 1.62. The SMILES string of the molecule is COc1ccc(C2=NOC(=O)C2=Cc2ccco2)cc1. The van der Waals surface area contributed by atoms with E-state index in [1.54, 1.807) is 37.5 Å². The maximum Gasteiger partial charge on any atom is 0.368 e. The van der Waals surface area contributed by atoms with Gasteiger partial charge in [0.05, 0.1) is 18.9 Å². The third-order valence-electron chi connectivity index (χ3n) is 2.89. The Kier molecular flexibility index (Phi) is 3.09. The predicted octanol–water partition coefficient (Wildman–Crippen LogP) is 2.63. The molecule has 0 bridgehead atoms. The highest BCUT2D eigenvalue weighted by Crippen LogP contribution is 2.22. The summed E-state index contributed by atoms with van der Waals surface area (Å²) in [6, 6.07) is 10.7. The Hall–Kier alpha value is -2.82. The highest BCUT2D eigenvalue weighted by atomic mass is 16.7. The van der Waals surface area contributed by atoms with Crippen molar-refractivity contribution in [3.8, 4) is 5.75 Å². The molecule has 0 amide bonds. The van der Waals surface area contributed by atoms with Crippen LogP contribution in [0.4, 0.5) is 0 Å². The molecule has 0 N–H and O–H groups in total. The molecule has 20 heavy (non-hydrogen) atoms. The van der Waals surface area contributed by atoms with Gasteiger partial charge in [-0.3, -0.25) is 0 Å². The Bertz CT molecular complexity index is 681. The van der Waals surface area contributed by atoms with Crippen molar-refractivity contribution in [1.82, 2.24) is 0 Å². The zero-order valence-corrected chi connectivity index (χ0v) is 10.7. The normalized spacial score (nSPS) is 16.1. The van der Waals surface area contributed by atoms with E-state index < -0.39 is 5.97 Å². The quantitative estimate of drug-likeness (QED) is 0.634. The topological polar surface area (TPSA) is 61.0 Å². The van der Waals surface area contributed by atoms with Crippen LogP contribution in [0.2, 0.25) is 0 Å². The lowest BCUT2D eigenvalue weighted by Crippen LogP contribution is -2.06. The molecule has 0 unspecified atom stereocenters. The van der Waals surface area contributed by atoms with Crippen LogP contribution in [-0.2, 0) is 9.63 Å². The van der Waals surface area contributed by atoms with Gasteiger partial charge in [0, 0.05) is 5.56 Å². The molecule has 3 rings (SSSR count). The number of carbonyl (C=O) groups excluding carboxylic acids is 1. The lowest BCUT2D eigenvalue weighted by atomic mass is 10.0. The third kappa shape index (κ3) is 2.21. The van der Waals surface area contributed by atoms with Crippen molar-refractivity contribution in [3.05, 3.63) is 59.6 Å². The first-order valence-corrected chi connectivity index (χ1v) is 5.97. The highest BCUT2D eigenvalue weighted by molar-refractivity contribution is 6.31. The van der Waals surface area contributed by atoms with Crippen molar-refractivity contribution in [2.45, 2.75) is 0 Å². The van der Waals surface area contributed by atoms with Gasteiger partial charge in [0.2, 0.25) is 0 Å². The fourth-order valence-corrected chi connectivity index (χ4v) is 1.88. The van der Waals surface area contributed by atoms with Crippen LogP contribution < -0.4 is 4.74 Å². The molecule has 0 fully saturated rings. The first kappa shape index (κ1) is 12.2. The van der Waals surface area contributed by atoms with Gasteiger partial charge >= 0.3 is 5.97 Å². The van der Waals surface area contributed by atoms with E-state index in [1.807, 2.05) is 12.1 Å². The van der Waals surface area contributed by atoms with Crippen LogP contribution in [-0.4, -0.2) is 18.8 Å². The summed E-state index contributed by atoms with van der Waals surface area (Å²) in [6.45, 7) is 0. The molecule has 1 aromatic carbocycles. The summed E-state index contributed by atoms with van der Waals surface area (Å²) in [7, 11) is 1.59. The third-order valence-corrected chi connectivity index (χ3v) is 2.89. The van der Waals surface area contributed by atoms with E-state index >= 15 is 0 Å². The average molecular weight is 269 g/mol. The Morgan fingerprint density at radius 3 is 2.65 bits per heavy atom. The minimum Gasteiger partial charge on any atom is -0.497 e. The lowest BCUT2D eigenvalue weighted by Gasteiger charge is -2.02. The van der Waals surface area contributed by atoms with Crippen molar-refractivity contribution >= 4 is 17.8 Å². The van der Waals surface area contributed by atoms with Crippen LogP contribution in [0.25, 0.3) is 6.08 Å². The number of hydrogen-bond acceptors (Lipinski definition) is 5. The second kappa shape index (κ2) is 5.05. The summed E-state index contributed by atoms with van der Waals surface area (Å²) < 4.78 is 10.3. The summed E-state index contributed by atoms with van der Waals surface area (Å²) >= 11 is 0. The molecule has 0 aliphatic carbocycles. The van der Waals surface area contributed by atoms with Crippen molar-refractivity contribution < 1.29 is 18.8 Å². The maximum atomic E-state index is 11.7. The molecule has 5 heteroatoms. The number of carbonyl (C=O) groups is 1. The summed E-state index contributed by atoms with van der Waals surface area (Å²) in [4.78, 5) is 16.5. The smallest absolute Gasteiger partial charge is 0.368 e. The fourth-order valence-electron chi connectivity index (χ4n) is 1.88. The zero-order valence-electron chi connectivity index (χ0n) is 10.7. The van der Waals surface area contributed by atoms with E-state index in [4.69, 9.17) is 14.0 Å². The second-order valence-corrected chi connectivity index (χ2v) is 4.12. The van der Waals surface area contributed by atoms with Crippen LogP contribution >= 0.6 is 0 Å². The molecular formula is C15H11NO4. The largest absolute Gasteiger partial charge is 0.497 e. The van der Waals surface area contributed by atoms with Gasteiger partial charge in [0.15, 0.2) is 0 Å². The maximum absolute atomic E-state index is 11.7. The minimum atomic E-state index is -0.493. The van der Waals surface area contributed by atoms with E-state index in [-0.39, 0.29) is 0 Å². The molecule has 0 spiro atoms. The molecule has 1 aromatic heterocycles. The molecule has 0 radical (unpaired) electrons. The second-order valence-electron chi connectivity index (χ2n) is 4.12. The molecule has 100 valence electrons. The number of rotatable bonds is 3. The number of ether oxygens (including phenoxy) is 1. The number of hydrogen-bond donors (Lipinski definition) is 0. The van der Waals surface area contributed by atoms with E-state index in [0.717, 1.165) is 11.3 Å². The number of furan rings is 1. The van der Waals surface area contributed by atoms with E-state index in [0.29, 0.717) is 17.0 Å². The van der Waals surface area contributed by atoms with Gasteiger partial charge in [-0.05, 0) is 42.5 Å². The van der Waals surface area contributed by atoms with Crippen LogP contribution in [0, 0.1) is 0 Å². The van der Waals surface area contributed by atoms with Gasteiger partial charge in [0.1, 0.15) is 17.2 Å². The van der Waals surface area contributed by atoms with E-state index in [9.17, 15) is 4.79 Å². The summed E-state index contributed by atoms with van der Waals surface area (Å²) in [5.74, 6) is 0.809. The molecule has 5 nitrogen and oxygen atoms in total. The molecule has 2 heterocycles. The molecule has 1 aliphatic rings. The van der Waals surface area contributed by atoms with Gasteiger partial charge in [-0.2, -0.15) is 0 Å². The zero-order chi connectivity index (χ0) is 13.9. The van der Waals surface area contributed by atoms with E-state index in [2.05, 4.69) is 5.16 Å². The Morgan fingerprint density at radius 2 is 2.00 bits per heavy atom. The Balaban J connectivity index is 1.97. The van der Waals surface area contributed by atoms with Gasteiger partial charge in [-0.25, -0.2) is 4.79 Å². The standard InChI is InChI=1S/C15H11NO4/c1-18-11-6-4-10(5-7-11)14-13(15(17)20-16-14)9-12-3-2-8-19-12/h2-9H,1H3. The summed E-state index contributed by atoms with van der Waals surface area (Å²) in [6.07, 6.45) is 3.15. The van der Waals surface area contributed by atoms with Gasteiger partial charge in [0.25, 0.3) is 0 Å². The van der Waals surface area contributed by atoms with Crippen LogP contribution in [0.15, 0.2) is 57.8 Å². The van der Waals surface area contributed by atoms with Gasteiger partial charge in [-0.1, -0.05) is 5.16 Å². The average Bonchev–Trinajstić information content (AvgIpc) is 3.11. The molecule has 2 aromatic rings. The predicted molar refractivity (Wildman–Crippen MR) is 72.3 cm³/mol. The number of benzene rings is 1. The fraction of sp³-hybridized carbons (Fsp3) is 0.0667. The van der Waals surface area contributed by atoms with Crippen molar-refractivity contribution in [2.24, 2.45) is 5.16 Å². The molecule has 1 aliphatic heterocycles. The first-order valence-electron chi connectivity index (χ1n) is 5.97. The Labute approximate surface area is 115 Å². The number of oxime groups is 1. The van der Waals surface area contributed by atoms with Crippen LogP contribution in [0.1, 0.15) is 11.3 Å². The van der Waals surface area contributed by atoms with Crippen LogP contribution in [0.5, 0.6) is 5.75 Å². The van der Waals surface area contributed by atoms with Gasteiger partial charge in [-0.15, -0.1) is 0 Å². The lowest BCUT2D eigenvalue weighted by molar-refractivity contribution is -0.136. The minimum absolute atomic E-state index is 0.366. The van der Waals surface area contributed by atoms with Crippen LogP contribution in [0.3, 0.4) is 0 Å². The van der Waals surface area contributed by atoms with E-state index in [1.165, 1.54) is 6.26 Å².